The van der Waals surface area contributed by atoms with Crippen LogP contribution in [-0.4, -0.2) is 67.3 Å². The minimum Gasteiger partial charge on any atom is -0.395 e. The molecule has 0 amide bonds. The molecule has 27 heavy (non-hydrogen) atoms. The van der Waals surface area contributed by atoms with Crippen molar-refractivity contribution in [3.8, 4) is 0 Å². The van der Waals surface area contributed by atoms with Crippen molar-refractivity contribution in [2.75, 3.05) is 57.3 Å². The monoisotopic (exact) mass is 375 g/mol. The number of β-amino-alcohol motifs (C(OH)–C–C–N with tert-alkyl or cyclic N) is 1. The van der Waals surface area contributed by atoms with E-state index in [0.717, 1.165) is 63.6 Å². The molecule has 0 atom stereocenters. The van der Waals surface area contributed by atoms with Crippen LogP contribution in [0.1, 0.15) is 6.42 Å². The van der Waals surface area contributed by atoms with Gasteiger partial charge in [0.2, 0.25) is 0 Å². The van der Waals surface area contributed by atoms with Gasteiger partial charge in [0.1, 0.15) is 11.6 Å². The average Bonchev–Trinajstić information content (AvgIpc) is 2.69. The summed E-state index contributed by atoms with van der Waals surface area (Å²) in [5.41, 5.74) is 1.80. The van der Waals surface area contributed by atoms with Crippen LogP contribution in [-0.2, 0) is 0 Å². The number of nitrogens with zero attached hydrogens (tertiary/aromatic N) is 3. The number of hydrogen-bond acceptors (Lipinski definition) is 4. The van der Waals surface area contributed by atoms with Crippen LogP contribution in [0.15, 0.2) is 48.5 Å². The lowest BCUT2D eigenvalue weighted by Crippen LogP contribution is -2.47. The molecule has 1 aliphatic rings. The van der Waals surface area contributed by atoms with Crippen molar-refractivity contribution in [3.63, 3.8) is 0 Å². The highest BCUT2D eigenvalue weighted by Crippen LogP contribution is 2.26. The van der Waals surface area contributed by atoms with Crippen LogP contribution < -0.4 is 4.90 Å². The Labute approximate surface area is 159 Å². The van der Waals surface area contributed by atoms with E-state index < -0.39 is 0 Å². The fourth-order valence-electron chi connectivity index (χ4n) is 3.48. The summed E-state index contributed by atoms with van der Waals surface area (Å²) >= 11 is 0. The lowest BCUT2D eigenvalue weighted by atomic mass is 10.2. The van der Waals surface area contributed by atoms with Crippen LogP contribution in [0.2, 0.25) is 0 Å². The predicted octanol–water partition coefficient (Wildman–Crippen LogP) is 3.10. The maximum atomic E-state index is 13.3. The molecular weight excluding hydrogens is 348 g/mol. The third kappa shape index (κ3) is 5.73. The number of rotatable bonds is 8. The van der Waals surface area contributed by atoms with E-state index in [9.17, 15) is 8.78 Å². The molecule has 2 aromatic rings. The van der Waals surface area contributed by atoms with E-state index in [1.165, 1.54) is 24.3 Å². The van der Waals surface area contributed by atoms with Crippen molar-refractivity contribution < 1.29 is 13.9 Å². The largest absolute Gasteiger partial charge is 0.395 e. The summed E-state index contributed by atoms with van der Waals surface area (Å²) in [6.07, 6.45) is 0.953. The van der Waals surface area contributed by atoms with E-state index in [0.29, 0.717) is 0 Å². The zero-order chi connectivity index (χ0) is 19.1. The van der Waals surface area contributed by atoms with Crippen LogP contribution in [0.5, 0.6) is 0 Å². The van der Waals surface area contributed by atoms with Gasteiger partial charge in [-0.05, 0) is 61.5 Å². The van der Waals surface area contributed by atoms with E-state index in [-0.39, 0.29) is 18.2 Å². The topological polar surface area (TPSA) is 30.0 Å². The zero-order valence-corrected chi connectivity index (χ0v) is 15.5. The first kappa shape index (κ1) is 19.7. The minimum absolute atomic E-state index is 0.213. The Morgan fingerprint density at radius 2 is 1.19 bits per heavy atom. The van der Waals surface area contributed by atoms with Gasteiger partial charge in [-0.1, -0.05) is 0 Å². The van der Waals surface area contributed by atoms with Crippen LogP contribution in [0, 0.1) is 11.6 Å². The smallest absolute Gasteiger partial charge is 0.123 e. The summed E-state index contributed by atoms with van der Waals surface area (Å²) in [6.45, 7) is 6.70. The normalized spacial score (nSPS) is 15.8. The lowest BCUT2D eigenvalue weighted by Gasteiger charge is -2.35. The molecule has 0 spiro atoms. The van der Waals surface area contributed by atoms with Gasteiger partial charge in [-0.2, -0.15) is 0 Å². The number of aliphatic hydroxyl groups excluding tert-OH is 1. The van der Waals surface area contributed by atoms with Gasteiger partial charge in [0.15, 0.2) is 0 Å². The number of benzene rings is 2. The summed E-state index contributed by atoms with van der Waals surface area (Å²) in [5, 5.41) is 9.03. The second kappa shape index (κ2) is 9.78. The molecule has 1 heterocycles. The van der Waals surface area contributed by atoms with Crippen molar-refractivity contribution in [3.05, 3.63) is 60.2 Å². The number of hydrogen-bond donors (Lipinski definition) is 1. The maximum Gasteiger partial charge on any atom is 0.123 e. The van der Waals surface area contributed by atoms with Crippen LogP contribution >= 0.6 is 0 Å². The van der Waals surface area contributed by atoms with Gasteiger partial charge in [-0.25, -0.2) is 8.78 Å². The molecule has 4 nitrogen and oxygen atoms in total. The molecule has 0 radical (unpaired) electrons. The molecule has 0 aromatic heterocycles. The van der Waals surface area contributed by atoms with Crippen molar-refractivity contribution in [1.82, 2.24) is 9.80 Å². The Balaban J connectivity index is 1.59. The lowest BCUT2D eigenvalue weighted by molar-refractivity contribution is 0.112. The Kier molecular flexibility index (Phi) is 7.15. The van der Waals surface area contributed by atoms with Crippen molar-refractivity contribution in [1.29, 1.82) is 0 Å². The summed E-state index contributed by atoms with van der Waals surface area (Å²) < 4.78 is 26.6. The summed E-state index contributed by atoms with van der Waals surface area (Å²) in [6, 6.07) is 12.8. The summed E-state index contributed by atoms with van der Waals surface area (Å²) in [5.74, 6) is -0.530. The molecule has 2 aromatic carbocycles. The Hall–Kier alpha value is -2.02. The molecule has 3 rings (SSSR count). The fourth-order valence-corrected chi connectivity index (χ4v) is 3.48. The minimum atomic E-state index is -0.265. The highest BCUT2D eigenvalue weighted by atomic mass is 19.1. The van der Waals surface area contributed by atoms with Crippen LogP contribution in [0.4, 0.5) is 20.2 Å². The molecule has 1 N–H and O–H groups in total. The standard InChI is InChI=1S/C21H27F2N3O/c22-18-2-6-20(7-3-18)26(21-8-4-19(23)5-9-21)11-1-10-24-12-14-25(15-13-24)16-17-27/h2-9,27H,1,10-17H2. The molecule has 1 aliphatic heterocycles. The van der Waals surface area contributed by atoms with E-state index in [4.69, 9.17) is 5.11 Å². The SMILES string of the molecule is OCCN1CCN(CCCN(c2ccc(F)cc2)c2ccc(F)cc2)CC1. The maximum absolute atomic E-state index is 13.3. The third-order valence-corrected chi connectivity index (χ3v) is 5.01. The number of piperazine rings is 1. The van der Waals surface area contributed by atoms with Crippen LogP contribution in [0.25, 0.3) is 0 Å². The number of halogens is 2. The highest BCUT2D eigenvalue weighted by molar-refractivity contribution is 5.62. The average molecular weight is 375 g/mol. The second-order valence-electron chi connectivity index (χ2n) is 6.86. The quantitative estimate of drug-likeness (QED) is 0.768. The van der Waals surface area contributed by atoms with Gasteiger partial charge in [-0.15, -0.1) is 0 Å². The van der Waals surface area contributed by atoms with Crippen molar-refractivity contribution >= 4 is 11.4 Å². The van der Waals surface area contributed by atoms with Gasteiger partial charge in [0.05, 0.1) is 6.61 Å². The Bertz CT molecular complexity index is 640. The van der Waals surface area contributed by atoms with Gasteiger partial charge < -0.3 is 14.9 Å². The molecule has 0 saturated carbocycles. The van der Waals surface area contributed by atoms with Crippen LogP contribution in [0.3, 0.4) is 0 Å². The van der Waals surface area contributed by atoms with Gasteiger partial charge >= 0.3 is 0 Å². The first-order chi connectivity index (χ1) is 13.2. The molecule has 146 valence electrons. The first-order valence-corrected chi connectivity index (χ1v) is 9.50. The van der Waals surface area contributed by atoms with E-state index >= 15 is 0 Å². The van der Waals surface area contributed by atoms with E-state index in [1.807, 2.05) is 0 Å². The highest BCUT2D eigenvalue weighted by Gasteiger charge is 2.17. The second-order valence-corrected chi connectivity index (χ2v) is 6.86. The summed E-state index contributed by atoms with van der Waals surface area (Å²) in [4.78, 5) is 6.81. The first-order valence-electron chi connectivity index (χ1n) is 9.50. The van der Waals surface area contributed by atoms with Gasteiger partial charge in [0.25, 0.3) is 0 Å². The molecule has 6 heteroatoms. The predicted molar refractivity (Wildman–Crippen MR) is 104 cm³/mol. The molecular formula is C21H27F2N3O. The van der Waals surface area contributed by atoms with E-state index in [1.54, 1.807) is 24.3 Å². The van der Waals surface area contributed by atoms with Crippen molar-refractivity contribution in [2.24, 2.45) is 0 Å². The van der Waals surface area contributed by atoms with Gasteiger partial charge in [-0.3, -0.25) is 4.90 Å². The summed E-state index contributed by atoms with van der Waals surface area (Å²) in [7, 11) is 0. The molecule has 0 bridgehead atoms. The molecule has 1 saturated heterocycles. The zero-order valence-electron chi connectivity index (χ0n) is 15.5. The number of anilines is 2. The molecule has 0 unspecified atom stereocenters. The molecule has 0 aliphatic carbocycles. The number of aliphatic hydroxyl groups is 1. The molecule has 1 fully saturated rings. The van der Waals surface area contributed by atoms with Gasteiger partial charge in [0, 0.05) is 50.6 Å². The Morgan fingerprint density at radius 3 is 1.63 bits per heavy atom. The Morgan fingerprint density at radius 1 is 0.741 bits per heavy atom. The van der Waals surface area contributed by atoms with E-state index in [2.05, 4.69) is 14.7 Å². The fraction of sp³-hybridized carbons (Fsp3) is 0.429. The van der Waals surface area contributed by atoms with Crippen molar-refractivity contribution in [2.45, 2.75) is 6.42 Å². The third-order valence-electron chi connectivity index (χ3n) is 5.01.